The number of aromatic amines is 1. The Morgan fingerprint density at radius 1 is 1.43 bits per heavy atom. The second-order valence-electron chi connectivity index (χ2n) is 6.41. The maximum atomic E-state index is 12.3. The van der Waals surface area contributed by atoms with E-state index in [0.29, 0.717) is 12.5 Å². The molecule has 2 heterocycles. The summed E-state index contributed by atoms with van der Waals surface area (Å²) in [5.74, 6) is 0.817. The molecule has 0 spiro atoms. The van der Waals surface area contributed by atoms with Gasteiger partial charge in [-0.05, 0) is 33.6 Å². The summed E-state index contributed by atoms with van der Waals surface area (Å²) in [7, 11) is 0. The number of hydrogen-bond acceptors (Lipinski definition) is 4. The van der Waals surface area contributed by atoms with Gasteiger partial charge in [0.2, 0.25) is 5.91 Å². The van der Waals surface area contributed by atoms with Crippen LogP contribution in [0.4, 0.5) is 0 Å². The van der Waals surface area contributed by atoms with Crippen molar-refractivity contribution in [1.82, 2.24) is 30.3 Å². The fourth-order valence-electron chi connectivity index (χ4n) is 3.38. The van der Waals surface area contributed by atoms with Gasteiger partial charge in [0.1, 0.15) is 6.33 Å². The maximum absolute atomic E-state index is 12.3. The molecule has 0 bridgehead atoms. The fraction of sp³-hybridized carbons (Fsp3) is 0.625. The number of nitrogens with zero attached hydrogens (tertiary/aromatic N) is 4. The van der Waals surface area contributed by atoms with Crippen molar-refractivity contribution >= 4 is 5.91 Å². The van der Waals surface area contributed by atoms with E-state index in [1.54, 1.807) is 6.33 Å². The quantitative estimate of drug-likeness (QED) is 0.884. The zero-order valence-electron chi connectivity index (χ0n) is 14.0. The van der Waals surface area contributed by atoms with E-state index in [1.807, 2.05) is 20.8 Å². The molecule has 0 radical (unpaired) electrons. The molecule has 124 valence electrons. The number of hydrogen-bond donors (Lipinski definition) is 2. The Morgan fingerprint density at radius 3 is 2.83 bits per heavy atom. The van der Waals surface area contributed by atoms with E-state index >= 15 is 0 Å². The van der Waals surface area contributed by atoms with E-state index in [0.717, 1.165) is 22.8 Å². The molecule has 0 aromatic carbocycles. The highest BCUT2D eigenvalue weighted by Gasteiger charge is 2.23. The lowest BCUT2D eigenvalue weighted by Gasteiger charge is -2.18. The molecule has 1 aliphatic carbocycles. The number of aryl methyl sites for hydroxylation is 2. The molecule has 0 unspecified atom stereocenters. The zero-order chi connectivity index (χ0) is 16.4. The summed E-state index contributed by atoms with van der Waals surface area (Å²) >= 11 is 0. The molecule has 2 aromatic heterocycles. The molecule has 2 N–H and O–H groups in total. The number of H-pyrrole nitrogens is 1. The Kier molecular flexibility index (Phi) is 4.45. The summed E-state index contributed by atoms with van der Waals surface area (Å²) in [6.45, 7) is 5.80. The average Bonchev–Trinajstić information content (AvgIpc) is 3.23. The highest BCUT2D eigenvalue weighted by Crippen LogP contribution is 2.31. The van der Waals surface area contributed by atoms with Crippen LogP contribution in [0.3, 0.4) is 0 Å². The first-order chi connectivity index (χ1) is 11.1. The van der Waals surface area contributed by atoms with Gasteiger partial charge < -0.3 is 9.88 Å². The first-order valence-electron chi connectivity index (χ1n) is 8.25. The van der Waals surface area contributed by atoms with Crippen LogP contribution in [0, 0.1) is 13.8 Å². The average molecular weight is 316 g/mol. The SMILES string of the molecule is Cc1n[nH]c(C)c1CC(=O)N[C@H](C)c1nncn1C1CCCC1. The monoisotopic (exact) mass is 316 g/mol. The predicted molar refractivity (Wildman–Crippen MR) is 85.9 cm³/mol. The number of amides is 1. The predicted octanol–water partition coefficient (Wildman–Crippen LogP) is 2.15. The minimum atomic E-state index is -0.155. The Bertz CT molecular complexity index is 663. The first kappa shape index (κ1) is 15.7. The normalized spacial score (nSPS) is 16.7. The molecular formula is C16H24N6O. The largest absolute Gasteiger partial charge is 0.346 e. The minimum Gasteiger partial charge on any atom is -0.346 e. The minimum absolute atomic E-state index is 0.0222. The third-order valence-corrected chi connectivity index (χ3v) is 4.70. The topological polar surface area (TPSA) is 88.5 Å². The number of carbonyl (C=O) groups is 1. The van der Waals surface area contributed by atoms with Gasteiger partial charge in [-0.15, -0.1) is 10.2 Å². The molecule has 1 fully saturated rings. The Morgan fingerprint density at radius 2 is 2.17 bits per heavy atom. The van der Waals surface area contributed by atoms with Gasteiger partial charge in [-0.3, -0.25) is 9.89 Å². The first-order valence-corrected chi connectivity index (χ1v) is 8.25. The van der Waals surface area contributed by atoms with E-state index in [2.05, 4.69) is 30.3 Å². The van der Waals surface area contributed by atoms with Crippen LogP contribution < -0.4 is 5.32 Å². The molecule has 0 saturated heterocycles. The van der Waals surface area contributed by atoms with Crippen LogP contribution in [-0.2, 0) is 11.2 Å². The summed E-state index contributed by atoms with van der Waals surface area (Å²) < 4.78 is 2.13. The van der Waals surface area contributed by atoms with E-state index < -0.39 is 0 Å². The number of rotatable bonds is 5. The third kappa shape index (κ3) is 3.28. The molecule has 7 nitrogen and oxygen atoms in total. The van der Waals surface area contributed by atoms with E-state index in [9.17, 15) is 4.79 Å². The fourth-order valence-corrected chi connectivity index (χ4v) is 3.38. The summed E-state index contributed by atoms with van der Waals surface area (Å²) in [5.41, 5.74) is 2.78. The van der Waals surface area contributed by atoms with Gasteiger partial charge in [-0.1, -0.05) is 12.8 Å². The molecule has 1 atom stereocenters. The van der Waals surface area contributed by atoms with Crippen molar-refractivity contribution < 1.29 is 4.79 Å². The van der Waals surface area contributed by atoms with E-state index in [4.69, 9.17) is 0 Å². The number of nitrogens with one attached hydrogen (secondary N) is 2. The lowest BCUT2D eigenvalue weighted by atomic mass is 10.1. The summed E-state index contributed by atoms with van der Waals surface area (Å²) in [4.78, 5) is 12.3. The van der Waals surface area contributed by atoms with Gasteiger partial charge in [-0.2, -0.15) is 5.10 Å². The highest BCUT2D eigenvalue weighted by molar-refractivity contribution is 5.79. The van der Waals surface area contributed by atoms with Gasteiger partial charge in [0.25, 0.3) is 0 Å². The second-order valence-corrected chi connectivity index (χ2v) is 6.41. The Hall–Kier alpha value is -2.18. The standard InChI is InChI=1S/C16H24N6O/c1-10-14(11(2)20-19-10)8-15(23)18-12(3)16-21-17-9-22(16)13-6-4-5-7-13/h9,12-13H,4-8H2,1-3H3,(H,18,23)(H,19,20)/t12-/m1/s1. The van der Waals surface area contributed by atoms with Crippen LogP contribution in [0.25, 0.3) is 0 Å². The maximum Gasteiger partial charge on any atom is 0.225 e. The van der Waals surface area contributed by atoms with E-state index in [1.165, 1.54) is 25.7 Å². The summed E-state index contributed by atoms with van der Waals surface area (Å²) in [6, 6.07) is 0.316. The molecular weight excluding hydrogens is 292 g/mol. The van der Waals surface area contributed by atoms with Crippen molar-refractivity contribution in [1.29, 1.82) is 0 Å². The lowest BCUT2D eigenvalue weighted by Crippen LogP contribution is -2.30. The number of aromatic nitrogens is 5. The zero-order valence-corrected chi connectivity index (χ0v) is 14.0. The van der Waals surface area contributed by atoms with Crippen LogP contribution in [0.1, 0.15) is 67.5 Å². The molecule has 7 heteroatoms. The third-order valence-electron chi connectivity index (χ3n) is 4.70. The molecule has 1 amide bonds. The summed E-state index contributed by atoms with van der Waals surface area (Å²) in [6.07, 6.45) is 6.96. The molecule has 1 saturated carbocycles. The van der Waals surface area contributed by atoms with Crippen molar-refractivity contribution in [2.75, 3.05) is 0 Å². The van der Waals surface area contributed by atoms with Gasteiger partial charge in [0.15, 0.2) is 5.82 Å². The van der Waals surface area contributed by atoms with Crippen molar-refractivity contribution in [3.05, 3.63) is 29.1 Å². The van der Waals surface area contributed by atoms with Crippen molar-refractivity contribution in [3.63, 3.8) is 0 Å². The molecule has 1 aliphatic rings. The molecule has 2 aromatic rings. The van der Waals surface area contributed by atoms with E-state index in [-0.39, 0.29) is 11.9 Å². The van der Waals surface area contributed by atoms with Crippen LogP contribution in [0.15, 0.2) is 6.33 Å². The van der Waals surface area contributed by atoms with Crippen molar-refractivity contribution in [2.24, 2.45) is 0 Å². The highest BCUT2D eigenvalue weighted by atomic mass is 16.1. The number of carbonyl (C=O) groups excluding carboxylic acids is 1. The van der Waals surface area contributed by atoms with Gasteiger partial charge >= 0.3 is 0 Å². The molecule has 23 heavy (non-hydrogen) atoms. The van der Waals surface area contributed by atoms with Crippen LogP contribution in [0.5, 0.6) is 0 Å². The van der Waals surface area contributed by atoms with Gasteiger partial charge in [0, 0.05) is 17.3 Å². The van der Waals surface area contributed by atoms with Crippen LogP contribution in [-0.4, -0.2) is 30.9 Å². The Labute approximate surface area is 135 Å². The van der Waals surface area contributed by atoms with Gasteiger partial charge in [-0.25, -0.2) is 0 Å². The van der Waals surface area contributed by atoms with Crippen molar-refractivity contribution in [2.45, 2.75) is 65.0 Å². The lowest BCUT2D eigenvalue weighted by molar-refractivity contribution is -0.121. The van der Waals surface area contributed by atoms with Crippen LogP contribution in [0.2, 0.25) is 0 Å². The molecule has 3 rings (SSSR count). The second kappa shape index (κ2) is 6.52. The smallest absolute Gasteiger partial charge is 0.225 e. The van der Waals surface area contributed by atoms with Crippen molar-refractivity contribution in [3.8, 4) is 0 Å². The Balaban J connectivity index is 1.66. The summed E-state index contributed by atoms with van der Waals surface area (Å²) in [5, 5.41) is 18.4. The van der Waals surface area contributed by atoms with Crippen LogP contribution >= 0.6 is 0 Å². The van der Waals surface area contributed by atoms with Gasteiger partial charge in [0.05, 0.1) is 18.2 Å². The molecule has 0 aliphatic heterocycles.